The zero-order valence-corrected chi connectivity index (χ0v) is 14.2. The van der Waals surface area contributed by atoms with Crippen molar-refractivity contribution in [2.45, 2.75) is 76.8 Å². The highest BCUT2D eigenvalue weighted by Crippen LogP contribution is 2.27. The average molecular weight is 324 g/mol. The molecule has 6 heteroatoms. The first kappa shape index (κ1) is 17.8. The maximum atomic E-state index is 12.6. The topological polar surface area (TPSA) is 75.7 Å². The molecule has 130 valence electrons. The molecular formula is C17H28N2O4. The number of hydrogen-bond donors (Lipinski definition) is 1. The second kappa shape index (κ2) is 7.79. The van der Waals surface area contributed by atoms with E-state index in [1.54, 1.807) is 6.92 Å². The second-order valence-electron chi connectivity index (χ2n) is 6.85. The molecule has 2 fully saturated rings. The fourth-order valence-corrected chi connectivity index (χ4v) is 3.52. The van der Waals surface area contributed by atoms with Gasteiger partial charge in [-0.15, -0.1) is 0 Å². The van der Waals surface area contributed by atoms with Crippen molar-refractivity contribution in [3.05, 3.63) is 0 Å². The van der Waals surface area contributed by atoms with E-state index in [1.807, 2.05) is 11.8 Å². The first-order valence-corrected chi connectivity index (χ1v) is 8.69. The molecule has 0 aromatic rings. The average Bonchev–Trinajstić information content (AvgIpc) is 2.85. The lowest BCUT2D eigenvalue weighted by Crippen LogP contribution is -2.46. The lowest BCUT2D eigenvalue weighted by molar-refractivity contribution is -0.146. The van der Waals surface area contributed by atoms with E-state index in [2.05, 4.69) is 5.32 Å². The molecule has 2 heterocycles. The molecule has 2 unspecified atom stereocenters. The molecule has 2 rings (SSSR count). The third-order valence-corrected chi connectivity index (χ3v) is 4.89. The van der Waals surface area contributed by atoms with Gasteiger partial charge < -0.3 is 15.0 Å². The van der Waals surface area contributed by atoms with Gasteiger partial charge in [0.2, 0.25) is 11.8 Å². The van der Waals surface area contributed by atoms with E-state index < -0.39 is 0 Å². The van der Waals surface area contributed by atoms with Gasteiger partial charge in [-0.1, -0.05) is 0 Å². The van der Waals surface area contributed by atoms with E-state index in [4.69, 9.17) is 4.74 Å². The predicted molar refractivity (Wildman–Crippen MR) is 85.6 cm³/mol. The number of nitrogens with one attached hydrogen (secondary N) is 1. The largest absolute Gasteiger partial charge is 0.466 e. The molecule has 0 radical (unpaired) electrons. The minimum Gasteiger partial charge on any atom is -0.466 e. The van der Waals surface area contributed by atoms with Crippen molar-refractivity contribution in [2.24, 2.45) is 0 Å². The first-order valence-electron chi connectivity index (χ1n) is 8.69. The van der Waals surface area contributed by atoms with Crippen molar-refractivity contribution in [3.63, 3.8) is 0 Å². The van der Waals surface area contributed by atoms with Gasteiger partial charge in [0.05, 0.1) is 13.0 Å². The zero-order valence-electron chi connectivity index (χ0n) is 14.2. The molecule has 1 N–H and O–H groups in total. The molecule has 0 aliphatic carbocycles. The Kier molecular flexibility index (Phi) is 6.02. The Morgan fingerprint density at radius 3 is 2.83 bits per heavy atom. The Morgan fingerprint density at radius 2 is 2.17 bits per heavy atom. The lowest BCUT2D eigenvalue weighted by Gasteiger charge is -2.36. The summed E-state index contributed by atoms with van der Waals surface area (Å²) in [5, 5.41) is 2.96. The number of carbonyl (C=O) groups is 3. The van der Waals surface area contributed by atoms with Crippen molar-refractivity contribution < 1.29 is 19.1 Å². The summed E-state index contributed by atoms with van der Waals surface area (Å²) in [5.74, 6) is -0.0771. The number of likely N-dealkylation sites (tertiary alicyclic amines) is 1. The molecule has 2 aliphatic rings. The Labute approximate surface area is 137 Å². The third kappa shape index (κ3) is 4.94. The SMILES string of the molecule is CCOC(=O)CC1CCCCN1C(=O)CCC1(C)CCC(=O)N1. The van der Waals surface area contributed by atoms with Crippen molar-refractivity contribution in [1.82, 2.24) is 10.2 Å². The Bertz CT molecular complexity index is 466. The van der Waals surface area contributed by atoms with Crippen LogP contribution in [-0.2, 0) is 19.1 Å². The van der Waals surface area contributed by atoms with Crippen LogP contribution in [0.2, 0.25) is 0 Å². The molecule has 0 aromatic heterocycles. The van der Waals surface area contributed by atoms with Crippen LogP contribution in [0.25, 0.3) is 0 Å². The summed E-state index contributed by atoms with van der Waals surface area (Å²) in [5.41, 5.74) is -0.265. The maximum absolute atomic E-state index is 12.6. The van der Waals surface area contributed by atoms with Gasteiger partial charge in [-0.25, -0.2) is 0 Å². The van der Waals surface area contributed by atoms with Crippen molar-refractivity contribution >= 4 is 17.8 Å². The molecular weight excluding hydrogens is 296 g/mol. The van der Waals surface area contributed by atoms with Gasteiger partial charge >= 0.3 is 5.97 Å². The number of piperidine rings is 1. The third-order valence-electron chi connectivity index (χ3n) is 4.89. The van der Waals surface area contributed by atoms with Gasteiger partial charge in [0.25, 0.3) is 0 Å². The summed E-state index contributed by atoms with van der Waals surface area (Å²) in [6, 6.07) is -0.0405. The molecule has 23 heavy (non-hydrogen) atoms. The zero-order chi connectivity index (χ0) is 16.9. The molecule has 2 amide bonds. The van der Waals surface area contributed by atoms with Crippen LogP contribution in [0.15, 0.2) is 0 Å². The molecule has 2 atom stereocenters. The van der Waals surface area contributed by atoms with Crippen LogP contribution in [0.4, 0.5) is 0 Å². The van der Waals surface area contributed by atoms with Crippen LogP contribution >= 0.6 is 0 Å². The van der Waals surface area contributed by atoms with E-state index in [0.29, 0.717) is 32.4 Å². The quantitative estimate of drug-likeness (QED) is 0.756. The van der Waals surface area contributed by atoms with E-state index in [9.17, 15) is 14.4 Å². The summed E-state index contributed by atoms with van der Waals surface area (Å²) in [4.78, 5) is 37.5. The van der Waals surface area contributed by atoms with Gasteiger partial charge in [0, 0.05) is 31.0 Å². The maximum Gasteiger partial charge on any atom is 0.307 e. The fourth-order valence-electron chi connectivity index (χ4n) is 3.52. The van der Waals surface area contributed by atoms with Gasteiger partial charge in [0.15, 0.2) is 0 Å². The predicted octanol–water partition coefficient (Wildman–Crippen LogP) is 1.77. The van der Waals surface area contributed by atoms with Crippen LogP contribution in [0, 0.1) is 0 Å². The normalized spacial score (nSPS) is 27.7. The molecule has 6 nitrogen and oxygen atoms in total. The summed E-state index contributed by atoms with van der Waals surface area (Å²) in [7, 11) is 0. The number of ether oxygens (including phenoxy) is 1. The minimum atomic E-state index is -0.265. The van der Waals surface area contributed by atoms with Crippen LogP contribution in [0.1, 0.15) is 65.2 Å². The number of amides is 2. The summed E-state index contributed by atoms with van der Waals surface area (Å²) in [6.07, 6.45) is 5.56. The van der Waals surface area contributed by atoms with Crippen molar-refractivity contribution in [1.29, 1.82) is 0 Å². The van der Waals surface area contributed by atoms with Crippen LogP contribution in [0.3, 0.4) is 0 Å². The Balaban J connectivity index is 1.87. The van der Waals surface area contributed by atoms with Gasteiger partial charge in [-0.3, -0.25) is 14.4 Å². The van der Waals surface area contributed by atoms with Crippen LogP contribution < -0.4 is 5.32 Å². The number of carbonyl (C=O) groups excluding carboxylic acids is 3. The molecule has 0 spiro atoms. The molecule has 0 aromatic carbocycles. The highest BCUT2D eigenvalue weighted by molar-refractivity contribution is 5.80. The van der Waals surface area contributed by atoms with E-state index in [-0.39, 0.29) is 35.8 Å². The fraction of sp³-hybridized carbons (Fsp3) is 0.824. The van der Waals surface area contributed by atoms with Gasteiger partial charge in [-0.05, 0) is 46.0 Å². The first-order chi connectivity index (χ1) is 10.9. The van der Waals surface area contributed by atoms with Gasteiger partial charge in [-0.2, -0.15) is 0 Å². The molecule has 2 aliphatic heterocycles. The number of nitrogens with zero attached hydrogens (tertiary/aromatic N) is 1. The standard InChI is InChI=1S/C17H28N2O4/c1-3-23-16(22)12-13-6-4-5-11-19(13)15(21)8-10-17(2)9-7-14(20)18-17/h13H,3-12H2,1-2H3,(H,18,20). The Hall–Kier alpha value is -1.59. The number of hydrogen-bond acceptors (Lipinski definition) is 4. The van der Waals surface area contributed by atoms with E-state index in [1.165, 1.54) is 0 Å². The van der Waals surface area contributed by atoms with Crippen LogP contribution in [-0.4, -0.2) is 47.4 Å². The number of esters is 1. The molecule has 2 saturated heterocycles. The number of rotatable bonds is 6. The smallest absolute Gasteiger partial charge is 0.307 e. The van der Waals surface area contributed by atoms with E-state index in [0.717, 1.165) is 25.7 Å². The lowest BCUT2D eigenvalue weighted by atomic mass is 9.92. The van der Waals surface area contributed by atoms with Crippen molar-refractivity contribution in [2.75, 3.05) is 13.2 Å². The summed E-state index contributed by atoms with van der Waals surface area (Å²) >= 11 is 0. The van der Waals surface area contributed by atoms with Crippen molar-refractivity contribution in [3.8, 4) is 0 Å². The highest BCUT2D eigenvalue weighted by Gasteiger charge is 2.35. The second-order valence-corrected chi connectivity index (χ2v) is 6.85. The minimum absolute atomic E-state index is 0.0405. The summed E-state index contributed by atoms with van der Waals surface area (Å²) < 4.78 is 5.02. The summed E-state index contributed by atoms with van der Waals surface area (Å²) in [6.45, 7) is 4.87. The van der Waals surface area contributed by atoms with Gasteiger partial charge in [0.1, 0.15) is 0 Å². The van der Waals surface area contributed by atoms with E-state index >= 15 is 0 Å². The molecule has 0 bridgehead atoms. The monoisotopic (exact) mass is 324 g/mol. The highest BCUT2D eigenvalue weighted by atomic mass is 16.5. The molecule has 0 saturated carbocycles. The van der Waals surface area contributed by atoms with Crippen LogP contribution in [0.5, 0.6) is 0 Å². The Morgan fingerprint density at radius 1 is 1.39 bits per heavy atom.